The minimum absolute atomic E-state index is 0.0894. The molecular formula is C21H25ClN4O2S. The van der Waals surface area contributed by atoms with Crippen LogP contribution in [0.3, 0.4) is 0 Å². The number of thiazole rings is 1. The second-order valence-corrected chi connectivity index (χ2v) is 8.81. The number of hydrogen-bond acceptors (Lipinski definition) is 5. The third kappa shape index (κ3) is 4.97. The molecule has 0 saturated carbocycles. The molecule has 2 aromatic rings. The van der Waals surface area contributed by atoms with E-state index >= 15 is 0 Å². The molecule has 0 aliphatic carbocycles. The predicted octanol–water partition coefficient (Wildman–Crippen LogP) is 2.77. The van der Waals surface area contributed by atoms with Crippen LogP contribution in [-0.4, -0.2) is 77.3 Å². The number of aromatic nitrogens is 1. The summed E-state index contributed by atoms with van der Waals surface area (Å²) in [5.74, 6) is 0.309. The summed E-state index contributed by atoms with van der Waals surface area (Å²) in [5.41, 5.74) is 1.68. The summed E-state index contributed by atoms with van der Waals surface area (Å²) in [7, 11) is 0. The van der Waals surface area contributed by atoms with Gasteiger partial charge in [-0.05, 0) is 18.9 Å². The van der Waals surface area contributed by atoms with Crippen LogP contribution in [0, 0.1) is 0 Å². The average molecular weight is 433 g/mol. The summed E-state index contributed by atoms with van der Waals surface area (Å²) in [6, 6.07) is 7.61. The average Bonchev–Trinajstić information content (AvgIpc) is 3.41. The Hall–Kier alpha value is -1.96. The van der Waals surface area contributed by atoms with Crippen LogP contribution in [0.4, 0.5) is 0 Å². The van der Waals surface area contributed by atoms with Crippen LogP contribution in [0.25, 0.3) is 10.6 Å². The van der Waals surface area contributed by atoms with Crippen LogP contribution >= 0.6 is 22.9 Å². The largest absolute Gasteiger partial charge is 0.342 e. The van der Waals surface area contributed by atoms with Crippen molar-refractivity contribution >= 4 is 34.8 Å². The maximum Gasteiger partial charge on any atom is 0.236 e. The topological polar surface area (TPSA) is 56.8 Å². The van der Waals surface area contributed by atoms with E-state index in [1.807, 2.05) is 39.4 Å². The van der Waals surface area contributed by atoms with Crippen molar-refractivity contribution in [3.8, 4) is 10.6 Å². The zero-order valence-electron chi connectivity index (χ0n) is 16.3. The Balaban J connectivity index is 1.27. The SMILES string of the molecule is O=C(Cc1csc(-c2ccccc2Cl)n1)N1CCN(CC(=O)N2CCCC2)CC1. The van der Waals surface area contributed by atoms with Gasteiger partial charge in [-0.3, -0.25) is 14.5 Å². The van der Waals surface area contributed by atoms with Crippen molar-refractivity contribution in [3.63, 3.8) is 0 Å². The van der Waals surface area contributed by atoms with E-state index < -0.39 is 0 Å². The smallest absolute Gasteiger partial charge is 0.236 e. The van der Waals surface area contributed by atoms with Gasteiger partial charge < -0.3 is 9.80 Å². The molecule has 1 aromatic carbocycles. The molecule has 0 radical (unpaired) electrons. The molecule has 0 N–H and O–H groups in total. The molecule has 0 bridgehead atoms. The van der Waals surface area contributed by atoms with Gasteiger partial charge in [-0.1, -0.05) is 29.8 Å². The van der Waals surface area contributed by atoms with Gasteiger partial charge in [0.05, 0.1) is 23.7 Å². The van der Waals surface area contributed by atoms with E-state index in [4.69, 9.17) is 11.6 Å². The molecule has 4 rings (SSSR count). The monoisotopic (exact) mass is 432 g/mol. The fraction of sp³-hybridized carbons (Fsp3) is 0.476. The number of nitrogens with zero attached hydrogens (tertiary/aromatic N) is 4. The highest BCUT2D eigenvalue weighted by molar-refractivity contribution is 7.13. The zero-order valence-corrected chi connectivity index (χ0v) is 17.9. The molecule has 2 aliphatic heterocycles. The highest BCUT2D eigenvalue weighted by Gasteiger charge is 2.25. The summed E-state index contributed by atoms with van der Waals surface area (Å²) in [6.45, 7) is 5.05. The Morgan fingerprint density at radius 1 is 0.966 bits per heavy atom. The van der Waals surface area contributed by atoms with Crippen LogP contribution in [0.1, 0.15) is 18.5 Å². The van der Waals surface area contributed by atoms with Crippen molar-refractivity contribution in [1.29, 1.82) is 0 Å². The second-order valence-electron chi connectivity index (χ2n) is 7.55. The minimum atomic E-state index is 0.0894. The van der Waals surface area contributed by atoms with Crippen LogP contribution in [0.5, 0.6) is 0 Å². The summed E-state index contributed by atoms with van der Waals surface area (Å²) < 4.78 is 0. The molecule has 2 fully saturated rings. The molecular weight excluding hydrogens is 408 g/mol. The number of halogens is 1. The predicted molar refractivity (Wildman–Crippen MR) is 115 cm³/mol. The first kappa shape index (κ1) is 20.3. The van der Waals surface area contributed by atoms with Gasteiger partial charge >= 0.3 is 0 Å². The fourth-order valence-corrected chi connectivity index (χ4v) is 4.97. The number of carbonyl (C=O) groups excluding carboxylic acids is 2. The number of benzene rings is 1. The van der Waals surface area contributed by atoms with Crippen LogP contribution in [-0.2, 0) is 16.0 Å². The molecule has 2 amide bonds. The molecule has 2 aliphatic rings. The van der Waals surface area contributed by atoms with Crippen molar-refractivity contribution in [2.45, 2.75) is 19.3 Å². The maximum atomic E-state index is 12.7. The first-order valence-electron chi connectivity index (χ1n) is 10.1. The number of likely N-dealkylation sites (tertiary alicyclic amines) is 1. The quantitative estimate of drug-likeness (QED) is 0.729. The molecule has 0 unspecified atom stereocenters. The first-order valence-corrected chi connectivity index (χ1v) is 11.3. The molecule has 154 valence electrons. The zero-order chi connectivity index (χ0) is 20.2. The Labute approximate surface area is 180 Å². The highest BCUT2D eigenvalue weighted by atomic mass is 35.5. The van der Waals surface area contributed by atoms with Crippen molar-refractivity contribution in [2.75, 3.05) is 45.8 Å². The first-order chi connectivity index (χ1) is 14.1. The third-order valence-corrected chi connectivity index (χ3v) is 6.78. The van der Waals surface area contributed by atoms with Gasteiger partial charge in [0.2, 0.25) is 11.8 Å². The van der Waals surface area contributed by atoms with E-state index in [9.17, 15) is 9.59 Å². The lowest BCUT2D eigenvalue weighted by molar-refractivity contribution is -0.134. The van der Waals surface area contributed by atoms with Gasteiger partial charge in [0.15, 0.2) is 0 Å². The summed E-state index contributed by atoms with van der Waals surface area (Å²) in [5, 5.41) is 3.43. The van der Waals surface area contributed by atoms with E-state index in [0.717, 1.165) is 55.3 Å². The van der Waals surface area contributed by atoms with E-state index in [2.05, 4.69) is 9.88 Å². The normalized spacial score (nSPS) is 17.7. The number of piperazine rings is 1. The lowest BCUT2D eigenvalue weighted by atomic mass is 10.2. The number of amides is 2. The Morgan fingerprint density at radius 3 is 2.38 bits per heavy atom. The molecule has 2 saturated heterocycles. The van der Waals surface area contributed by atoms with Gasteiger partial charge in [-0.2, -0.15) is 0 Å². The molecule has 0 atom stereocenters. The second kappa shape index (κ2) is 9.24. The Morgan fingerprint density at radius 2 is 1.66 bits per heavy atom. The van der Waals surface area contributed by atoms with Crippen molar-refractivity contribution in [1.82, 2.24) is 19.7 Å². The number of carbonyl (C=O) groups is 2. The number of rotatable bonds is 5. The number of hydrogen-bond donors (Lipinski definition) is 0. The third-order valence-electron chi connectivity index (χ3n) is 5.53. The lowest BCUT2D eigenvalue weighted by Crippen LogP contribution is -2.51. The highest BCUT2D eigenvalue weighted by Crippen LogP contribution is 2.30. The fourth-order valence-electron chi connectivity index (χ4n) is 3.83. The van der Waals surface area contributed by atoms with E-state index in [1.165, 1.54) is 11.3 Å². The van der Waals surface area contributed by atoms with Crippen LogP contribution in [0.15, 0.2) is 29.6 Å². The molecule has 8 heteroatoms. The van der Waals surface area contributed by atoms with Crippen molar-refractivity contribution < 1.29 is 9.59 Å². The molecule has 29 heavy (non-hydrogen) atoms. The molecule has 3 heterocycles. The van der Waals surface area contributed by atoms with Gasteiger partial charge in [-0.15, -0.1) is 11.3 Å². The molecule has 1 aromatic heterocycles. The molecule has 0 spiro atoms. The van der Waals surface area contributed by atoms with Gasteiger partial charge in [0.1, 0.15) is 5.01 Å². The Bertz CT molecular complexity index is 873. The van der Waals surface area contributed by atoms with E-state index in [0.29, 0.717) is 31.1 Å². The Kier molecular flexibility index (Phi) is 6.47. The van der Waals surface area contributed by atoms with Crippen molar-refractivity contribution in [2.24, 2.45) is 0 Å². The standard InChI is InChI=1S/C21H25ClN4O2S/c22-18-6-2-1-5-17(18)21-23-16(15-29-21)13-19(27)26-11-9-24(10-12-26)14-20(28)25-7-3-4-8-25/h1-2,5-6,15H,3-4,7-14H2. The van der Waals surface area contributed by atoms with Gasteiger partial charge in [0.25, 0.3) is 0 Å². The van der Waals surface area contributed by atoms with Crippen LogP contribution < -0.4 is 0 Å². The summed E-state index contributed by atoms with van der Waals surface area (Å²) in [6.07, 6.45) is 2.53. The molecule has 6 nitrogen and oxygen atoms in total. The maximum absolute atomic E-state index is 12.7. The van der Waals surface area contributed by atoms with Crippen molar-refractivity contribution in [3.05, 3.63) is 40.4 Å². The van der Waals surface area contributed by atoms with E-state index in [-0.39, 0.29) is 11.8 Å². The minimum Gasteiger partial charge on any atom is -0.342 e. The van der Waals surface area contributed by atoms with Crippen LogP contribution in [0.2, 0.25) is 5.02 Å². The van der Waals surface area contributed by atoms with E-state index in [1.54, 1.807) is 0 Å². The van der Waals surface area contributed by atoms with Gasteiger partial charge in [0, 0.05) is 50.2 Å². The van der Waals surface area contributed by atoms with Gasteiger partial charge in [-0.25, -0.2) is 4.98 Å². The summed E-state index contributed by atoms with van der Waals surface area (Å²) >= 11 is 7.75. The summed E-state index contributed by atoms with van der Waals surface area (Å²) in [4.78, 5) is 35.6. The lowest BCUT2D eigenvalue weighted by Gasteiger charge is -2.35.